The standard InChI is InChI=1S/C24H20ClFN3O6PS2/c1-16-20-11-19(34-10-9-29-7-3-2-4-8-29)12-21(25)23(20)37-24(16)38(32,33)28-15-36(30,31)35-18-6-5-17(14-27)22(26)13-18/h2-8,11-13,28H,9-10,15H2,1H3/p+1. The van der Waals surface area contributed by atoms with E-state index in [1.54, 1.807) is 25.1 Å². The number of ether oxygens (including phenoxy) is 1. The zero-order valence-corrected chi connectivity index (χ0v) is 23.1. The third-order valence-corrected chi connectivity index (χ3v) is 10.4. The summed E-state index contributed by atoms with van der Waals surface area (Å²) < 4.78 is 67.5. The van der Waals surface area contributed by atoms with Crippen molar-refractivity contribution in [3.05, 3.63) is 82.9 Å². The molecule has 2 N–H and O–H groups in total. The molecule has 0 saturated heterocycles. The van der Waals surface area contributed by atoms with Crippen LogP contribution in [-0.2, 0) is 21.1 Å². The van der Waals surface area contributed by atoms with E-state index in [1.165, 1.54) is 0 Å². The fourth-order valence-corrected chi connectivity index (χ4v) is 8.10. The van der Waals surface area contributed by atoms with Gasteiger partial charge in [0.2, 0.25) is 0 Å². The van der Waals surface area contributed by atoms with Gasteiger partial charge in [0, 0.05) is 29.7 Å². The quantitative estimate of drug-likeness (QED) is 0.200. The van der Waals surface area contributed by atoms with Gasteiger partial charge in [0.1, 0.15) is 40.5 Å². The van der Waals surface area contributed by atoms with Gasteiger partial charge in [-0.1, -0.05) is 17.7 Å². The number of nitrogens with one attached hydrogen (secondary N) is 1. The van der Waals surface area contributed by atoms with E-state index >= 15 is 0 Å². The van der Waals surface area contributed by atoms with Crippen LogP contribution in [-0.4, -0.2) is 26.2 Å². The fourth-order valence-electron chi connectivity index (χ4n) is 3.49. The summed E-state index contributed by atoms with van der Waals surface area (Å²) in [6.45, 7) is 2.56. The number of sulfonamides is 1. The van der Waals surface area contributed by atoms with Crippen molar-refractivity contribution < 1.29 is 36.1 Å². The predicted octanol–water partition coefficient (Wildman–Crippen LogP) is 4.74. The van der Waals surface area contributed by atoms with Crippen molar-refractivity contribution >= 4 is 50.6 Å². The first-order valence-electron chi connectivity index (χ1n) is 11.0. The number of pyridine rings is 1. The molecule has 0 aliphatic heterocycles. The highest BCUT2D eigenvalue weighted by Gasteiger charge is 2.29. The number of aryl methyl sites for hydroxylation is 1. The molecule has 0 radical (unpaired) electrons. The Morgan fingerprint density at radius 3 is 2.63 bits per heavy atom. The summed E-state index contributed by atoms with van der Waals surface area (Å²) in [5.41, 5.74) is 0.124. The van der Waals surface area contributed by atoms with E-state index in [-0.39, 0.29) is 15.5 Å². The number of halogens is 2. The summed E-state index contributed by atoms with van der Waals surface area (Å²) in [5, 5.41) is 9.66. The van der Waals surface area contributed by atoms with Crippen molar-refractivity contribution in [2.45, 2.75) is 17.7 Å². The Hall–Kier alpha value is -3.04. The second kappa shape index (κ2) is 11.4. The molecule has 0 bridgehead atoms. The van der Waals surface area contributed by atoms with Crippen LogP contribution in [0.15, 0.2) is 65.1 Å². The van der Waals surface area contributed by atoms with Crippen molar-refractivity contribution in [1.29, 1.82) is 5.26 Å². The van der Waals surface area contributed by atoms with Crippen LogP contribution in [0.4, 0.5) is 4.39 Å². The molecule has 1 unspecified atom stereocenters. The third-order valence-electron chi connectivity index (χ3n) is 5.33. The Bertz CT molecular complexity index is 1690. The number of hydrogen-bond acceptors (Lipinski definition) is 7. The molecule has 38 heavy (non-hydrogen) atoms. The van der Waals surface area contributed by atoms with Gasteiger partial charge in [-0.2, -0.15) is 9.98 Å². The Balaban J connectivity index is 1.48. The van der Waals surface area contributed by atoms with E-state index in [4.69, 9.17) is 26.1 Å². The summed E-state index contributed by atoms with van der Waals surface area (Å²) in [4.78, 5) is 10.1. The molecule has 2 aromatic heterocycles. The topological polar surface area (TPSA) is 130 Å². The van der Waals surface area contributed by atoms with Crippen LogP contribution >= 0.6 is 30.5 Å². The maximum Gasteiger partial charge on any atom is 0.391 e. The van der Waals surface area contributed by atoms with E-state index in [2.05, 4.69) is 4.72 Å². The smallest absolute Gasteiger partial charge is 0.391 e. The molecule has 0 fully saturated rings. The maximum atomic E-state index is 13.8. The first kappa shape index (κ1) is 28.0. The molecule has 0 aliphatic carbocycles. The van der Waals surface area contributed by atoms with Gasteiger partial charge in [-0.15, -0.1) is 11.3 Å². The average molecular weight is 597 g/mol. The van der Waals surface area contributed by atoms with Crippen molar-refractivity contribution in [3.63, 3.8) is 0 Å². The highest BCUT2D eigenvalue weighted by atomic mass is 35.5. The molecule has 4 aromatic rings. The largest absolute Gasteiger partial charge is 0.487 e. The van der Waals surface area contributed by atoms with Crippen molar-refractivity contribution in [1.82, 2.24) is 4.72 Å². The second-order valence-corrected chi connectivity index (χ2v) is 13.2. The van der Waals surface area contributed by atoms with Crippen LogP contribution in [0.2, 0.25) is 5.02 Å². The lowest BCUT2D eigenvalue weighted by molar-refractivity contribution is -0.697. The second-order valence-electron chi connectivity index (χ2n) is 8.05. The van der Waals surface area contributed by atoms with E-state index in [9.17, 15) is 22.3 Å². The molecule has 0 saturated carbocycles. The lowest BCUT2D eigenvalue weighted by Gasteiger charge is -2.14. The monoisotopic (exact) mass is 596 g/mol. The van der Waals surface area contributed by atoms with Gasteiger partial charge < -0.3 is 14.2 Å². The van der Waals surface area contributed by atoms with Gasteiger partial charge >= 0.3 is 7.60 Å². The van der Waals surface area contributed by atoms with Crippen LogP contribution in [0.1, 0.15) is 11.1 Å². The number of rotatable bonds is 10. The minimum Gasteiger partial charge on any atom is -0.487 e. The van der Waals surface area contributed by atoms with Crippen LogP contribution in [0.3, 0.4) is 0 Å². The minimum atomic E-state index is -4.56. The zero-order valence-electron chi connectivity index (χ0n) is 19.8. The van der Waals surface area contributed by atoms with Crippen LogP contribution in [0.25, 0.3) is 10.1 Å². The highest BCUT2D eigenvalue weighted by Crippen LogP contribution is 2.44. The zero-order chi connectivity index (χ0) is 27.5. The normalized spacial score (nSPS) is 13.1. The molecule has 0 amide bonds. The molecular formula is C24H21ClFN3O6PS2+. The van der Waals surface area contributed by atoms with Crippen molar-refractivity contribution in [3.8, 4) is 17.6 Å². The minimum absolute atomic E-state index is 0.0872. The van der Waals surface area contributed by atoms with Crippen LogP contribution < -0.4 is 18.5 Å². The number of hydrogen-bond donors (Lipinski definition) is 2. The summed E-state index contributed by atoms with van der Waals surface area (Å²) in [5.74, 6) is -0.792. The Morgan fingerprint density at radius 1 is 1.21 bits per heavy atom. The molecule has 14 heteroatoms. The lowest BCUT2D eigenvalue weighted by atomic mass is 10.2. The summed E-state index contributed by atoms with van der Waals surface area (Å²) in [6, 6.07) is 13.6. The predicted molar refractivity (Wildman–Crippen MR) is 140 cm³/mol. The van der Waals surface area contributed by atoms with Gasteiger partial charge in [0.15, 0.2) is 18.9 Å². The van der Waals surface area contributed by atoms with E-state index in [0.717, 1.165) is 29.5 Å². The van der Waals surface area contributed by atoms with Crippen LogP contribution in [0.5, 0.6) is 11.5 Å². The molecule has 1 atom stereocenters. The summed E-state index contributed by atoms with van der Waals surface area (Å²) >= 11 is 7.34. The van der Waals surface area contributed by atoms with E-state index in [0.29, 0.717) is 39.6 Å². The van der Waals surface area contributed by atoms with Gasteiger partial charge in [0.05, 0.1) is 15.3 Å². The average Bonchev–Trinajstić information content (AvgIpc) is 3.21. The lowest BCUT2D eigenvalue weighted by Crippen LogP contribution is -2.35. The fraction of sp³-hybridized carbons (Fsp3) is 0.167. The van der Waals surface area contributed by atoms with Crippen molar-refractivity contribution in [2.75, 3.05) is 12.9 Å². The maximum absolute atomic E-state index is 13.8. The molecule has 9 nitrogen and oxygen atoms in total. The molecule has 0 aliphatic rings. The number of thiophene rings is 1. The number of aromatic nitrogens is 1. The first-order chi connectivity index (χ1) is 18.0. The number of nitrogens with zero attached hydrogens (tertiary/aromatic N) is 2. The summed E-state index contributed by atoms with van der Waals surface area (Å²) in [6.07, 6.45) is 2.85. The van der Waals surface area contributed by atoms with E-state index in [1.807, 2.05) is 35.2 Å². The molecule has 2 aromatic carbocycles. The van der Waals surface area contributed by atoms with Gasteiger partial charge in [-0.3, -0.25) is 0 Å². The molecule has 4 rings (SSSR count). The SMILES string of the molecule is Cc1c(S(=O)(=O)NCP(=O)(O)Oc2ccc(C#N)c(F)c2)sc2c(Cl)cc(OCC[n+]3ccccc3)cc12. The van der Waals surface area contributed by atoms with E-state index < -0.39 is 29.7 Å². The first-order valence-corrected chi connectivity index (χ1v) is 15.4. The molecular weight excluding hydrogens is 576 g/mol. The Labute approximate surface area is 227 Å². The summed E-state index contributed by atoms with van der Waals surface area (Å²) in [7, 11) is -8.81. The Morgan fingerprint density at radius 2 is 1.95 bits per heavy atom. The molecule has 198 valence electrons. The van der Waals surface area contributed by atoms with Gasteiger partial charge in [-0.25, -0.2) is 21.9 Å². The van der Waals surface area contributed by atoms with Crippen LogP contribution in [0, 0.1) is 24.1 Å². The molecule has 2 heterocycles. The molecule has 0 spiro atoms. The van der Waals surface area contributed by atoms with Crippen molar-refractivity contribution in [2.24, 2.45) is 0 Å². The Kier molecular flexibility index (Phi) is 8.37. The van der Waals surface area contributed by atoms with Gasteiger partial charge in [0.25, 0.3) is 10.0 Å². The van der Waals surface area contributed by atoms with Gasteiger partial charge in [-0.05, 0) is 30.7 Å². The third kappa shape index (κ3) is 6.50. The highest BCUT2D eigenvalue weighted by molar-refractivity contribution is 7.92. The number of fused-ring (bicyclic) bond motifs is 1. The number of benzene rings is 2. The number of nitriles is 1.